The van der Waals surface area contributed by atoms with Gasteiger partial charge in [-0.15, -0.1) is 0 Å². The Morgan fingerprint density at radius 2 is 2.07 bits per heavy atom. The molecule has 0 bridgehead atoms. The molecule has 1 aliphatic carbocycles. The number of carbonyl (C=O) groups is 1. The number of aryl methyl sites for hydroxylation is 1. The van der Waals surface area contributed by atoms with Crippen LogP contribution in [0.3, 0.4) is 0 Å². The van der Waals surface area contributed by atoms with E-state index in [1.807, 2.05) is 57.0 Å². The van der Waals surface area contributed by atoms with E-state index in [0.717, 1.165) is 48.2 Å². The van der Waals surface area contributed by atoms with Gasteiger partial charge in [0.05, 0.1) is 35.5 Å². The highest BCUT2D eigenvalue weighted by Crippen LogP contribution is 2.35. The van der Waals surface area contributed by atoms with Crippen molar-refractivity contribution in [3.05, 3.63) is 36.5 Å². The molecule has 0 radical (unpaired) electrons. The Balaban J connectivity index is 1.58. The highest BCUT2D eigenvalue weighted by atomic mass is 16.6. The number of fused-ring (bicyclic) bond motifs is 1. The zero-order valence-corrected chi connectivity index (χ0v) is 17.4. The van der Waals surface area contributed by atoms with Gasteiger partial charge in [-0.25, -0.2) is 14.3 Å². The minimum absolute atomic E-state index is 0.0791. The zero-order valence-electron chi connectivity index (χ0n) is 17.4. The van der Waals surface area contributed by atoms with Crippen LogP contribution in [0.15, 0.2) is 30.9 Å². The molecule has 8 nitrogen and oxygen atoms in total. The number of hydrogen-bond acceptors (Lipinski definition) is 5. The molecular weight excluding hydrogens is 368 g/mol. The fraction of sp³-hybridized carbons (Fsp3) is 0.524. The van der Waals surface area contributed by atoms with Gasteiger partial charge in [0.15, 0.2) is 0 Å². The Hall–Kier alpha value is -2.90. The van der Waals surface area contributed by atoms with Gasteiger partial charge in [0.1, 0.15) is 5.60 Å². The predicted octanol–water partition coefficient (Wildman–Crippen LogP) is 3.68. The number of amides is 1. The van der Waals surface area contributed by atoms with Crippen molar-refractivity contribution in [2.75, 3.05) is 0 Å². The first-order chi connectivity index (χ1) is 13.8. The number of rotatable bonds is 3. The number of carbonyl (C=O) groups excluding carboxylic acids is 1. The number of hydrogen-bond donors (Lipinski definition) is 1. The van der Waals surface area contributed by atoms with E-state index in [-0.39, 0.29) is 18.1 Å². The fourth-order valence-electron chi connectivity index (χ4n) is 3.99. The summed E-state index contributed by atoms with van der Waals surface area (Å²) < 4.78 is 9.08. The molecule has 0 saturated heterocycles. The summed E-state index contributed by atoms with van der Waals surface area (Å²) in [5, 5.41) is 11.7. The summed E-state index contributed by atoms with van der Waals surface area (Å²) in [6.45, 7) is 5.63. The molecule has 3 aromatic rings. The van der Waals surface area contributed by atoms with Crippen LogP contribution in [-0.4, -0.2) is 42.1 Å². The number of aromatic nitrogens is 5. The van der Waals surface area contributed by atoms with Crippen LogP contribution in [0.25, 0.3) is 16.8 Å². The minimum atomic E-state index is -0.498. The number of alkyl carbamates (subject to hydrolysis) is 1. The number of nitrogens with zero attached hydrogens (tertiary/aromatic N) is 5. The lowest BCUT2D eigenvalue weighted by Crippen LogP contribution is -2.41. The molecule has 0 aromatic carbocycles. The summed E-state index contributed by atoms with van der Waals surface area (Å²) in [4.78, 5) is 17.2. The highest BCUT2D eigenvalue weighted by molar-refractivity contribution is 5.68. The molecule has 1 N–H and O–H groups in total. The third-order valence-electron chi connectivity index (χ3n) is 5.20. The third kappa shape index (κ3) is 4.41. The first kappa shape index (κ1) is 19.4. The maximum absolute atomic E-state index is 12.2. The second-order valence-corrected chi connectivity index (χ2v) is 8.78. The zero-order chi connectivity index (χ0) is 20.6. The Labute approximate surface area is 170 Å². The molecular formula is C21H28N6O2. The Kier molecular flexibility index (Phi) is 5.02. The van der Waals surface area contributed by atoms with Gasteiger partial charge in [-0.1, -0.05) is 6.42 Å². The Morgan fingerprint density at radius 1 is 1.24 bits per heavy atom. The molecule has 1 saturated carbocycles. The summed E-state index contributed by atoms with van der Waals surface area (Å²) in [5.74, 6) is 0.250. The van der Waals surface area contributed by atoms with Crippen LogP contribution in [0, 0.1) is 0 Å². The summed E-state index contributed by atoms with van der Waals surface area (Å²) in [7, 11) is 1.89. The van der Waals surface area contributed by atoms with Crippen LogP contribution >= 0.6 is 0 Å². The largest absolute Gasteiger partial charge is 0.444 e. The summed E-state index contributed by atoms with van der Waals surface area (Å²) >= 11 is 0. The van der Waals surface area contributed by atoms with Crippen molar-refractivity contribution in [1.82, 2.24) is 29.7 Å². The van der Waals surface area contributed by atoms with Crippen molar-refractivity contribution < 1.29 is 9.53 Å². The van der Waals surface area contributed by atoms with Gasteiger partial charge in [-0.2, -0.15) is 10.2 Å². The Bertz CT molecular complexity index is 1020. The molecule has 1 amide bonds. The van der Waals surface area contributed by atoms with Crippen molar-refractivity contribution in [2.24, 2.45) is 7.05 Å². The van der Waals surface area contributed by atoms with Gasteiger partial charge in [0, 0.05) is 30.8 Å². The van der Waals surface area contributed by atoms with Gasteiger partial charge in [-0.05, 0) is 46.1 Å². The van der Waals surface area contributed by atoms with Gasteiger partial charge in [0.2, 0.25) is 0 Å². The van der Waals surface area contributed by atoms with Gasteiger partial charge < -0.3 is 10.1 Å². The molecule has 2 atom stereocenters. The van der Waals surface area contributed by atoms with E-state index in [1.54, 1.807) is 10.9 Å². The molecule has 154 valence electrons. The lowest BCUT2D eigenvalue weighted by atomic mass is 9.83. The smallest absolute Gasteiger partial charge is 0.407 e. The topological polar surface area (TPSA) is 86.3 Å². The monoisotopic (exact) mass is 396 g/mol. The summed E-state index contributed by atoms with van der Waals surface area (Å²) in [6, 6.07) is 2.08. The molecule has 1 fully saturated rings. The van der Waals surface area contributed by atoms with E-state index in [0.29, 0.717) is 0 Å². The maximum Gasteiger partial charge on any atom is 0.407 e. The average molecular weight is 396 g/mol. The molecule has 8 heteroatoms. The van der Waals surface area contributed by atoms with Gasteiger partial charge in [0.25, 0.3) is 0 Å². The molecule has 0 aliphatic heterocycles. The van der Waals surface area contributed by atoms with E-state index in [1.165, 1.54) is 0 Å². The van der Waals surface area contributed by atoms with Crippen molar-refractivity contribution >= 4 is 11.6 Å². The van der Waals surface area contributed by atoms with Gasteiger partial charge >= 0.3 is 6.09 Å². The lowest BCUT2D eigenvalue weighted by Gasteiger charge is -2.30. The van der Waals surface area contributed by atoms with E-state index in [2.05, 4.69) is 15.5 Å². The van der Waals surface area contributed by atoms with Crippen LogP contribution in [0.2, 0.25) is 0 Å². The number of ether oxygens (including phenoxy) is 1. The van der Waals surface area contributed by atoms with E-state index in [9.17, 15) is 4.79 Å². The third-order valence-corrected chi connectivity index (χ3v) is 5.20. The predicted molar refractivity (Wildman–Crippen MR) is 110 cm³/mol. The Morgan fingerprint density at radius 3 is 2.79 bits per heavy atom. The van der Waals surface area contributed by atoms with E-state index < -0.39 is 5.60 Å². The number of nitrogens with one attached hydrogen (secondary N) is 1. The van der Waals surface area contributed by atoms with E-state index >= 15 is 0 Å². The van der Waals surface area contributed by atoms with Crippen LogP contribution < -0.4 is 5.32 Å². The SMILES string of the molecule is Cn1cc(-c2cn3nccc3c(C3CCC[C@@H](NC(=O)OC(C)(C)C)C3)n2)cn1. The van der Waals surface area contributed by atoms with E-state index in [4.69, 9.17) is 9.72 Å². The standard InChI is InChI=1S/C21H28N6O2/c1-21(2,3)29-20(28)24-16-7-5-6-14(10-16)19-18-8-9-22-27(18)13-17(25-19)15-11-23-26(4)12-15/h8-9,11-14,16H,5-7,10H2,1-4H3,(H,24,28)/t14?,16-/m1/s1. The molecule has 3 heterocycles. The first-order valence-electron chi connectivity index (χ1n) is 10.1. The van der Waals surface area contributed by atoms with Gasteiger partial charge in [-0.3, -0.25) is 4.68 Å². The molecule has 29 heavy (non-hydrogen) atoms. The second-order valence-electron chi connectivity index (χ2n) is 8.78. The van der Waals surface area contributed by atoms with Crippen molar-refractivity contribution in [3.8, 4) is 11.3 Å². The molecule has 3 aromatic heterocycles. The lowest BCUT2D eigenvalue weighted by molar-refractivity contribution is 0.0490. The normalized spacial score (nSPS) is 20.0. The maximum atomic E-state index is 12.2. The second kappa shape index (κ2) is 7.50. The fourth-order valence-corrected chi connectivity index (χ4v) is 3.99. The van der Waals surface area contributed by atoms with Crippen molar-refractivity contribution in [1.29, 1.82) is 0 Å². The summed E-state index contributed by atoms with van der Waals surface area (Å²) in [6.07, 6.45) is 11.0. The first-order valence-corrected chi connectivity index (χ1v) is 10.1. The molecule has 0 spiro atoms. The van der Waals surface area contributed by atoms with Crippen molar-refractivity contribution in [2.45, 2.75) is 64.0 Å². The minimum Gasteiger partial charge on any atom is -0.444 e. The van der Waals surface area contributed by atoms with Crippen LogP contribution in [0.4, 0.5) is 4.79 Å². The molecule has 4 rings (SSSR count). The molecule has 1 aliphatic rings. The molecule has 1 unspecified atom stereocenters. The summed E-state index contributed by atoms with van der Waals surface area (Å²) in [5.41, 5.74) is 3.36. The van der Waals surface area contributed by atoms with Crippen LogP contribution in [0.5, 0.6) is 0 Å². The van der Waals surface area contributed by atoms with Crippen LogP contribution in [0.1, 0.15) is 58.1 Å². The average Bonchev–Trinajstić information content (AvgIpc) is 3.28. The quantitative estimate of drug-likeness (QED) is 0.730. The highest BCUT2D eigenvalue weighted by Gasteiger charge is 2.29. The van der Waals surface area contributed by atoms with Crippen molar-refractivity contribution in [3.63, 3.8) is 0 Å². The van der Waals surface area contributed by atoms with Crippen LogP contribution in [-0.2, 0) is 11.8 Å².